The lowest BCUT2D eigenvalue weighted by Crippen LogP contribution is -2.14. The number of ether oxygens (including phenoxy) is 1. The molecule has 0 aliphatic rings. The van der Waals surface area contributed by atoms with E-state index in [-0.39, 0.29) is 11.7 Å². The molecule has 8 nitrogen and oxygen atoms in total. The summed E-state index contributed by atoms with van der Waals surface area (Å²) in [5.74, 6) is 1.51. The van der Waals surface area contributed by atoms with Crippen LogP contribution in [0.2, 0.25) is 0 Å². The molecular formula is C15H16N6O2S2. The number of para-hydroxylation sites is 1. The van der Waals surface area contributed by atoms with Crippen molar-refractivity contribution in [2.24, 2.45) is 7.05 Å². The van der Waals surface area contributed by atoms with Gasteiger partial charge < -0.3 is 9.30 Å². The molecule has 2 aromatic heterocycles. The molecule has 1 N–H and O–H groups in total. The van der Waals surface area contributed by atoms with E-state index in [4.69, 9.17) is 4.74 Å². The molecule has 3 rings (SSSR count). The summed E-state index contributed by atoms with van der Waals surface area (Å²) >= 11 is 2.64. The van der Waals surface area contributed by atoms with Gasteiger partial charge in [-0.1, -0.05) is 41.3 Å². The molecule has 1 amide bonds. The summed E-state index contributed by atoms with van der Waals surface area (Å²) in [7, 11) is 1.85. The fourth-order valence-electron chi connectivity index (χ4n) is 1.89. The average molecular weight is 376 g/mol. The molecule has 2 heterocycles. The summed E-state index contributed by atoms with van der Waals surface area (Å²) in [4.78, 5) is 11.9. The Labute approximate surface area is 152 Å². The third-order valence-corrected chi connectivity index (χ3v) is 4.92. The van der Waals surface area contributed by atoms with Gasteiger partial charge in [0, 0.05) is 7.05 Å². The summed E-state index contributed by atoms with van der Waals surface area (Å²) in [6, 6.07) is 9.51. The van der Waals surface area contributed by atoms with Crippen LogP contribution < -0.4 is 10.1 Å². The van der Waals surface area contributed by atoms with Crippen molar-refractivity contribution in [3.63, 3.8) is 0 Å². The molecule has 0 radical (unpaired) electrons. The molecule has 25 heavy (non-hydrogen) atoms. The van der Waals surface area contributed by atoms with Gasteiger partial charge in [0.25, 0.3) is 0 Å². The van der Waals surface area contributed by atoms with E-state index in [1.54, 1.807) is 0 Å². The summed E-state index contributed by atoms with van der Waals surface area (Å²) in [6.45, 7) is 2.14. The number of aryl methyl sites for hydroxylation is 1. The van der Waals surface area contributed by atoms with E-state index < -0.39 is 0 Å². The first-order chi connectivity index (χ1) is 12.1. The fourth-order valence-corrected chi connectivity index (χ4v) is 3.23. The fraction of sp³-hybridized carbons (Fsp3) is 0.267. The van der Waals surface area contributed by atoms with E-state index in [1.165, 1.54) is 23.1 Å². The number of thioether (sulfide) groups is 1. The second-order valence-electron chi connectivity index (χ2n) is 5.02. The molecule has 10 heteroatoms. The minimum Gasteiger partial charge on any atom is -0.486 e. The number of hydrogen-bond acceptors (Lipinski definition) is 8. The van der Waals surface area contributed by atoms with Crippen LogP contribution in [-0.4, -0.2) is 36.6 Å². The second kappa shape index (κ2) is 8.08. The van der Waals surface area contributed by atoms with Gasteiger partial charge in [0.05, 0.1) is 5.75 Å². The lowest BCUT2D eigenvalue weighted by Gasteiger charge is -2.06. The molecule has 0 spiro atoms. The van der Waals surface area contributed by atoms with Gasteiger partial charge in [-0.15, -0.1) is 20.4 Å². The number of nitrogens with one attached hydrogen (secondary N) is 1. The normalized spacial score (nSPS) is 10.6. The number of aromatic nitrogens is 5. The summed E-state index contributed by atoms with van der Waals surface area (Å²) in [5.41, 5.74) is 0. The molecule has 0 atom stereocenters. The highest BCUT2D eigenvalue weighted by Crippen LogP contribution is 2.19. The van der Waals surface area contributed by atoms with E-state index in [9.17, 15) is 4.79 Å². The first kappa shape index (κ1) is 17.4. The van der Waals surface area contributed by atoms with Gasteiger partial charge in [0.2, 0.25) is 11.0 Å². The highest BCUT2D eigenvalue weighted by Gasteiger charge is 2.13. The van der Waals surface area contributed by atoms with E-state index in [2.05, 4.69) is 25.7 Å². The SMILES string of the molecule is Cc1nnc(NC(=O)CSc2nnc(COc3ccccc3)n2C)s1. The maximum absolute atomic E-state index is 11.9. The van der Waals surface area contributed by atoms with Gasteiger partial charge in [-0.25, -0.2) is 0 Å². The molecule has 0 fully saturated rings. The van der Waals surface area contributed by atoms with Crippen molar-refractivity contribution in [1.82, 2.24) is 25.0 Å². The van der Waals surface area contributed by atoms with Crippen molar-refractivity contribution in [3.05, 3.63) is 41.2 Å². The Balaban J connectivity index is 1.51. The van der Waals surface area contributed by atoms with Crippen molar-refractivity contribution in [2.75, 3.05) is 11.1 Å². The minimum atomic E-state index is -0.161. The monoisotopic (exact) mass is 376 g/mol. The molecule has 0 saturated heterocycles. The predicted octanol–water partition coefficient (Wildman–Crippen LogP) is 2.28. The number of carbonyl (C=O) groups excluding carboxylic acids is 1. The maximum atomic E-state index is 11.9. The summed E-state index contributed by atoms with van der Waals surface area (Å²) in [6.07, 6.45) is 0. The molecular weight excluding hydrogens is 360 g/mol. The van der Waals surface area contributed by atoms with Crippen molar-refractivity contribution in [3.8, 4) is 5.75 Å². The Hall–Kier alpha value is -2.46. The number of benzene rings is 1. The quantitative estimate of drug-likeness (QED) is 0.632. The lowest BCUT2D eigenvalue weighted by atomic mass is 10.3. The van der Waals surface area contributed by atoms with Crippen LogP contribution in [0.5, 0.6) is 5.75 Å². The molecule has 3 aromatic rings. The zero-order chi connectivity index (χ0) is 17.6. The summed E-state index contributed by atoms with van der Waals surface area (Å²) in [5, 5.41) is 20.6. The minimum absolute atomic E-state index is 0.161. The van der Waals surface area contributed by atoms with Crippen molar-refractivity contribution in [1.29, 1.82) is 0 Å². The molecule has 1 aromatic carbocycles. The standard InChI is InChI=1S/C15H16N6O2S2/c1-10-17-19-14(25-10)16-13(22)9-24-15-20-18-12(21(15)2)8-23-11-6-4-3-5-7-11/h3-7H,8-9H2,1-2H3,(H,16,19,22). The van der Waals surface area contributed by atoms with Crippen LogP contribution in [0.4, 0.5) is 5.13 Å². The zero-order valence-corrected chi connectivity index (χ0v) is 15.3. The number of rotatable bonds is 7. The van der Waals surface area contributed by atoms with Crippen molar-refractivity contribution in [2.45, 2.75) is 18.7 Å². The molecule has 130 valence electrons. The van der Waals surface area contributed by atoms with E-state index in [1.807, 2.05) is 48.9 Å². The second-order valence-corrected chi connectivity index (χ2v) is 7.15. The van der Waals surface area contributed by atoms with Gasteiger partial charge >= 0.3 is 0 Å². The Morgan fingerprint density at radius 3 is 2.76 bits per heavy atom. The number of carbonyl (C=O) groups is 1. The third kappa shape index (κ3) is 4.77. The lowest BCUT2D eigenvalue weighted by molar-refractivity contribution is -0.113. The number of amides is 1. The Morgan fingerprint density at radius 2 is 2.04 bits per heavy atom. The number of anilines is 1. The summed E-state index contributed by atoms with van der Waals surface area (Å²) < 4.78 is 7.48. The van der Waals surface area contributed by atoms with Gasteiger partial charge in [0.15, 0.2) is 11.0 Å². The van der Waals surface area contributed by atoms with Crippen LogP contribution in [0.3, 0.4) is 0 Å². The van der Waals surface area contributed by atoms with Crippen LogP contribution in [0.15, 0.2) is 35.5 Å². The average Bonchev–Trinajstić information content (AvgIpc) is 3.18. The maximum Gasteiger partial charge on any atom is 0.236 e. The zero-order valence-electron chi connectivity index (χ0n) is 13.7. The van der Waals surface area contributed by atoms with E-state index in [0.29, 0.717) is 22.7 Å². The van der Waals surface area contributed by atoms with Crippen LogP contribution in [0.1, 0.15) is 10.8 Å². The topological polar surface area (TPSA) is 94.8 Å². The van der Waals surface area contributed by atoms with Crippen LogP contribution >= 0.6 is 23.1 Å². The molecule has 0 aliphatic carbocycles. The van der Waals surface area contributed by atoms with Crippen LogP contribution in [0.25, 0.3) is 0 Å². The van der Waals surface area contributed by atoms with Crippen LogP contribution in [0, 0.1) is 6.92 Å². The number of nitrogens with zero attached hydrogens (tertiary/aromatic N) is 5. The highest BCUT2D eigenvalue weighted by molar-refractivity contribution is 7.99. The predicted molar refractivity (Wildman–Crippen MR) is 95.8 cm³/mol. The smallest absolute Gasteiger partial charge is 0.236 e. The largest absolute Gasteiger partial charge is 0.486 e. The Bertz CT molecular complexity index is 849. The van der Waals surface area contributed by atoms with Gasteiger partial charge in [-0.3, -0.25) is 10.1 Å². The molecule has 0 bridgehead atoms. The van der Waals surface area contributed by atoms with Gasteiger partial charge in [-0.2, -0.15) is 0 Å². The first-order valence-corrected chi connectivity index (χ1v) is 9.21. The Morgan fingerprint density at radius 1 is 1.24 bits per heavy atom. The molecule has 0 unspecified atom stereocenters. The van der Waals surface area contributed by atoms with E-state index in [0.717, 1.165) is 10.8 Å². The molecule has 0 saturated carbocycles. The highest BCUT2D eigenvalue weighted by atomic mass is 32.2. The molecule has 0 aliphatic heterocycles. The van der Waals surface area contributed by atoms with Crippen LogP contribution in [-0.2, 0) is 18.4 Å². The first-order valence-electron chi connectivity index (χ1n) is 7.40. The van der Waals surface area contributed by atoms with Gasteiger partial charge in [0.1, 0.15) is 17.4 Å². The van der Waals surface area contributed by atoms with Crippen molar-refractivity contribution >= 4 is 34.1 Å². The van der Waals surface area contributed by atoms with Crippen molar-refractivity contribution < 1.29 is 9.53 Å². The van der Waals surface area contributed by atoms with Gasteiger partial charge in [-0.05, 0) is 19.1 Å². The third-order valence-electron chi connectivity index (χ3n) is 3.14. The number of hydrogen-bond donors (Lipinski definition) is 1. The van der Waals surface area contributed by atoms with E-state index >= 15 is 0 Å². The Kier molecular flexibility index (Phi) is 5.61.